The van der Waals surface area contributed by atoms with Crippen LogP contribution >= 0.6 is 0 Å². The van der Waals surface area contributed by atoms with Crippen molar-refractivity contribution >= 4 is 78.8 Å². The SMILES string of the molecule is CC1(C)c2ccccc2N(c2ccccc2)c2ccc3cc(C4=C5OC(=O)C(c6ccc7c8c(ccc7c6)N(c6ccccc6)c6ccccc6C8(C)C)=C5OC4=O)ccc3c21. The van der Waals surface area contributed by atoms with Crippen LogP contribution in [0.2, 0.25) is 0 Å². The van der Waals surface area contributed by atoms with E-state index in [1.165, 1.54) is 22.3 Å². The minimum Gasteiger partial charge on any atom is -0.418 e. The summed E-state index contributed by atoms with van der Waals surface area (Å²) in [5.41, 5.74) is 12.7. The number of carbonyl (C=O) groups excluding carboxylic acids is 2. The third kappa shape index (κ3) is 4.98. The van der Waals surface area contributed by atoms with E-state index in [1.54, 1.807) is 0 Å². The van der Waals surface area contributed by atoms with Crippen molar-refractivity contribution < 1.29 is 19.1 Å². The van der Waals surface area contributed by atoms with Crippen molar-refractivity contribution in [2.75, 3.05) is 9.80 Å². The van der Waals surface area contributed by atoms with Gasteiger partial charge in [0.05, 0.1) is 22.7 Å². The highest BCUT2D eigenvalue weighted by Gasteiger charge is 2.45. The van der Waals surface area contributed by atoms with Gasteiger partial charge in [0.1, 0.15) is 11.1 Å². The number of hydrogen-bond donors (Lipinski definition) is 0. The Morgan fingerprint density at radius 1 is 0.403 bits per heavy atom. The number of rotatable bonds is 4. The van der Waals surface area contributed by atoms with Crippen LogP contribution in [0.15, 0.2) is 181 Å². The molecule has 0 aromatic heterocycles. The molecule has 12 rings (SSSR count). The number of hydrogen-bond acceptors (Lipinski definition) is 6. The van der Waals surface area contributed by atoms with E-state index in [-0.39, 0.29) is 33.5 Å². The molecule has 0 fully saturated rings. The molecule has 0 unspecified atom stereocenters. The largest absolute Gasteiger partial charge is 0.418 e. The number of benzene rings is 8. The number of nitrogens with zero attached hydrogens (tertiary/aromatic N) is 2. The first-order valence-corrected chi connectivity index (χ1v) is 21.1. The zero-order valence-corrected chi connectivity index (χ0v) is 34.7. The second kappa shape index (κ2) is 12.9. The van der Waals surface area contributed by atoms with Crippen molar-refractivity contribution in [1.29, 1.82) is 0 Å². The van der Waals surface area contributed by atoms with Crippen molar-refractivity contribution in [2.45, 2.75) is 38.5 Å². The molecule has 0 atom stereocenters. The Kier molecular flexibility index (Phi) is 7.53. The first kappa shape index (κ1) is 36.2. The molecule has 6 heteroatoms. The fourth-order valence-corrected chi connectivity index (χ4v) is 10.7. The van der Waals surface area contributed by atoms with Crippen molar-refractivity contribution in [2.24, 2.45) is 0 Å². The molecule has 0 saturated carbocycles. The van der Waals surface area contributed by atoms with Gasteiger partial charge in [0.15, 0.2) is 11.5 Å². The predicted octanol–water partition coefficient (Wildman–Crippen LogP) is 13.4. The fraction of sp³-hybridized carbons (Fsp3) is 0.107. The number of carbonyl (C=O) groups is 2. The number of esters is 2. The summed E-state index contributed by atoms with van der Waals surface area (Å²) in [4.78, 5) is 32.4. The zero-order chi connectivity index (χ0) is 42.1. The Hall–Kier alpha value is -7.70. The van der Waals surface area contributed by atoms with Gasteiger partial charge in [-0.25, -0.2) is 9.59 Å². The first-order chi connectivity index (χ1) is 30.1. The first-order valence-electron chi connectivity index (χ1n) is 21.1. The van der Waals surface area contributed by atoms with E-state index in [1.807, 2.05) is 36.4 Å². The van der Waals surface area contributed by atoms with Crippen LogP contribution in [0.3, 0.4) is 0 Å². The van der Waals surface area contributed by atoms with E-state index in [4.69, 9.17) is 9.47 Å². The van der Waals surface area contributed by atoms with Crippen LogP contribution in [-0.2, 0) is 29.9 Å². The van der Waals surface area contributed by atoms with Crippen LogP contribution in [0.1, 0.15) is 61.1 Å². The summed E-state index contributed by atoms with van der Waals surface area (Å²) in [6, 6.07) is 58.7. The molecule has 8 aromatic rings. The molecule has 6 nitrogen and oxygen atoms in total. The molecule has 0 saturated heterocycles. The lowest BCUT2D eigenvalue weighted by atomic mass is 9.71. The molecule has 0 spiro atoms. The van der Waals surface area contributed by atoms with Crippen molar-refractivity contribution in [3.8, 4) is 0 Å². The van der Waals surface area contributed by atoms with Gasteiger partial charge in [-0.1, -0.05) is 137 Å². The lowest BCUT2D eigenvalue weighted by Crippen LogP contribution is -2.30. The maximum absolute atomic E-state index is 13.9. The summed E-state index contributed by atoms with van der Waals surface area (Å²) in [7, 11) is 0. The lowest BCUT2D eigenvalue weighted by molar-refractivity contribution is -0.131. The summed E-state index contributed by atoms with van der Waals surface area (Å²) in [6.45, 7) is 9.10. The zero-order valence-electron chi connectivity index (χ0n) is 34.7. The lowest BCUT2D eigenvalue weighted by Gasteiger charge is -2.42. The highest BCUT2D eigenvalue weighted by atomic mass is 16.6. The van der Waals surface area contributed by atoms with Crippen LogP contribution in [0.5, 0.6) is 0 Å². The van der Waals surface area contributed by atoms with Gasteiger partial charge >= 0.3 is 11.9 Å². The summed E-state index contributed by atoms with van der Waals surface area (Å²) in [5.74, 6) is -0.756. The highest BCUT2D eigenvalue weighted by Crippen LogP contribution is 2.56. The van der Waals surface area contributed by atoms with Crippen molar-refractivity contribution in [1.82, 2.24) is 0 Å². The maximum atomic E-state index is 13.9. The van der Waals surface area contributed by atoms with E-state index in [2.05, 4.69) is 171 Å². The Morgan fingerprint density at radius 2 is 0.790 bits per heavy atom. The van der Waals surface area contributed by atoms with E-state index < -0.39 is 11.9 Å². The van der Waals surface area contributed by atoms with Gasteiger partial charge < -0.3 is 19.3 Å². The van der Waals surface area contributed by atoms with Gasteiger partial charge in [0.2, 0.25) is 0 Å². The van der Waals surface area contributed by atoms with Crippen molar-refractivity contribution in [3.05, 3.63) is 215 Å². The second-order valence-electron chi connectivity index (χ2n) is 17.6. The van der Waals surface area contributed by atoms with Gasteiger partial charge in [0, 0.05) is 22.2 Å². The Labute approximate surface area is 359 Å². The second-order valence-corrected chi connectivity index (χ2v) is 17.6. The number of anilines is 6. The fourth-order valence-electron chi connectivity index (χ4n) is 10.7. The minimum atomic E-state index is -0.543. The van der Waals surface area contributed by atoms with Gasteiger partial charge in [0.25, 0.3) is 0 Å². The standard InChI is InChI=1S/C56H40N2O4/c1-55(2)41-19-11-13-21-43(41)57(37-15-7-5-8-16-37)45-29-25-33-31-35(23-27-39(33)49(45)55)47-51-52(62-53(47)59)48(54(60)61-51)36-24-28-40-34(32-36)26-30-46-50(40)56(3,4)42-20-12-14-22-44(42)58(46)38-17-9-6-10-18-38/h5-32H,1-4H3. The van der Waals surface area contributed by atoms with Gasteiger partial charge in [-0.2, -0.15) is 0 Å². The highest BCUT2D eigenvalue weighted by molar-refractivity contribution is 6.29. The van der Waals surface area contributed by atoms with E-state index >= 15 is 0 Å². The molecule has 0 N–H and O–H groups in total. The smallest absolute Gasteiger partial charge is 0.348 e. The number of fused-ring (bicyclic) bond motifs is 9. The summed E-state index contributed by atoms with van der Waals surface area (Å²) in [5, 5.41) is 4.11. The van der Waals surface area contributed by atoms with E-state index in [0.717, 1.165) is 55.7 Å². The van der Waals surface area contributed by atoms with Crippen LogP contribution in [-0.4, -0.2) is 11.9 Å². The van der Waals surface area contributed by atoms with E-state index in [0.29, 0.717) is 11.1 Å². The minimum absolute atomic E-state index is 0.165. The van der Waals surface area contributed by atoms with Gasteiger partial charge in [-0.05, 0) is 116 Å². The number of para-hydroxylation sites is 4. The molecule has 8 aromatic carbocycles. The summed E-state index contributed by atoms with van der Waals surface area (Å²) in [6.07, 6.45) is 0. The van der Waals surface area contributed by atoms with Crippen LogP contribution in [0.4, 0.5) is 34.1 Å². The third-order valence-electron chi connectivity index (χ3n) is 13.4. The molecule has 0 radical (unpaired) electrons. The third-order valence-corrected chi connectivity index (χ3v) is 13.4. The topological polar surface area (TPSA) is 59.1 Å². The maximum Gasteiger partial charge on any atom is 0.348 e. The quantitative estimate of drug-likeness (QED) is 0.165. The van der Waals surface area contributed by atoms with Crippen LogP contribution < -0.4 is 9.80 Å². The summed E-state index contributed by atoms with van der Waals surface area (Å²) < 4.78 is 11.9. The monoisotopic (exact) mass is 804 g/mol. The number of ether oxygens (including phenoxy) is 2. The van der Waals surface area contributed by atoms with Crippen LogP contribution in [0.25, 0.3) is 32.7 Å². The molecule has 62 heavy (non-hydrogen) atoms. The Balaban J connectivity index is 0.962. The summed E-state index contributed by atoms with van der Waals surface area (Å²) >= 11 is 0. The van der Waals surface area contributed by atoms with Gasteiger partial charge in [-0.3, -0.25) is 0 Å². The van der Waals surface area contributed by atoms with Gasteiger partial charge in [-0.15, -0.1) is 0 Å². The average Bonchev–Trinajstić information content (AvgIpc) is 3.77. The predicted molar refractivity (Wildman–Crippen MR) is 248 cm³/mol. The molecule has 4 aliphatic heterocycles. The van der Waals surface area contributed by atoms with E-state index in [9.17, 15) is 9.59 Å². The molecule has 0 aliphatic carbocycles. The molecular weight excluding hydrogens is 765 g/mol. The Morgan fingerprint density at radius 3 is 1.21 bits per heavy atom. The molecular formula is C56H40N2O4. The van der Waals surface area contributed by atoms with Crippen molar-refractivity contribution in [3.63, 3.8) is 0 Å². The molecule has 298 valence electrons. The average molecular weight is 805 g/mol. The Bertz CT molecular complexity index is 3120. The molecule has 4 aliphatic rings. The molecule has 4 heterocycles. The molecule has 0 bridgehead atoms. The molecule has 0 amide bonds. The normalized spacial score (nSPS) is 16.8. The van der Waals surface area contributed by atoms with Crippen LogP contribution in [0, 0.1) is 0 Å².